The summed E-state index contributed by atoms with van der Waals surface area (Å²) in [7, 11) is 0. The summed E-state index contributed by atoms with van der Waals surface area (Å²) < 4.78 is 28.2. The number of carbonyl (C=O) groups excluding carboxylic acids is 2. The van der Waals surface area contributed by atoms with Gasteiger partial charge in [0.1, 0.15) is 0 Å². The highest BCUT2D eigenvalue weighted by Gasteiger charge is 2.55. The van der Waals surface area contributed by atoms with Crippen molar-refractivity contribution in [2.24, 2.45) is 5.41 Å². The predicted molar refractivity (Wildman–Crippen MR) is 74.5 cm³/mol. The number of aromatic nitrogens is 1. The van der Waals surface area contributed by atoms with E-state index in [4.69, 9.17) is 0 Å². The van der Waals surface area contributed by atoms with Gasteiger partial charge in [-0.25, -0.2) is 8.78 Å². The van der Waals surface area contributed by atoms with Crippen molar-refractivity contribution in [3.8, 4) is 0 Å². The van der Waals surface area contributed by atoms with Crippen molar-refractivity contribution in [3.05, 3.63) is 29.6 Å². The number of likely N-dealkylation sites (tertiary alicyclic amines) is 1. The van der Waals surface area contributed by atoms with Crippen LogP contribution >= 0.6 is 0 Å². The highest BCUT2D eigenvalue weighted by atomic mass is 19.3. The summed E-state index contributed by atoms with van der Waals surface area (Å²) in [5.41, 5.74) is -0.167. The quantitative estimate of drug-likeness (QED) is 0.852. The Labute approximate surface area is 126 Å². The number of amides is 2. The van der Waals surface area contributed by atoms with E-state index in [9.17, 15) is 18.4 Å². The van der Waals surface area contributed by atoms with Crippen molar-refractivity contribution in [2.75, 3.05) is 19.6 Å². The molecule has 2 saturated heterocycles. The van der Waals surface area contributed by atoms with Gasteiger partial charge in [0.2, 0.25) is 5.91 Å². The van der Waals surface area contributed by atoms with E-state index in [1.165, 1.54) is 6.20 Å². The summed E-state index contributed by atoms with van der Waals surface area (Å²) in [5, 5.41) is 2.60. The number of piperidine rings is 1. The highest BCUT2D eigenvalue weighted by Crippen LogP contribution is 2.43. The Morgan fingerprint density at radius 3 is 2.73 bits per heavy atom. The number of hydrogen-bond donors (Lipinski definition) is 1. The maximum Gasteiger partial charge on any atom is 0.266 e. The molecule has 1 N–H and O–H groups in total. The zero-order valence-electron chi connectivity index (χ0n) is 12.2. The SMILES string of the molecule is Cc1ccc(C(=O)N2CC(F)(F)C[C@]3(CCNC3=O)C2)cn1. The first-order valence-electron chi connectivity index (χ1n) is 7.19. The van der Waals surface area contributed by atoms with Crippen molar-refractivity contribution in [3.63, 3.8) is 0 Å². The minimum Gasteiger partial charge on any atom is -0.356 e. The van der Waals surface area contributed by atoms with E-state index in [2.05, 4.69) is 10.3 Å². The summed E-state index contributed by atoms with van der Waals surface area (Å²) >= 11 is 0. The monoisotopic (exact) mass is 309 g/mol. The van der Waals surface area contributed by atoms with Gasteiger partial charge in [0.05, 0.1) is 17.5 Å². The molecule has 2 amide bonds. The van der Waals surface area contributed by atoms with Crippen LogP contribution < -0.4 is 5.32 Å². The molecule has 0 aliphatic carbocycles. The summed E-state index contributed by atoms with van der Waals surface area (Å²) in [6.45, 7) is 1.53. The smallest absolute Gasteiger partial charge is 0.266 e. The van der Waals surface area contributed by atoms with Crippen LogP contribution in [0.25, 0.3) is 0 Å². The van der Waals surface area contributed by atoms with Crippen LogP contribution in [0.3, 0.4) is 0 Å². The Hall–Kier alpha value is -2.05. The van der Waals surface area contributed by atoms with Crippen molar-refractivity contribution in [1.82, 2.24) is 15.2 Å². The maximum absolute atomic E-state index is 14.1. The zero-order valence-corrected chi connectivity index (χ0v) is 12.2. The van der Waals surface area contributed by atoms with E-state index >= 15 is 0 Å². The molecule has 2 aliphatic heterocycles. The van der Waals surface area contributed by atoms with Gasteiger partial charge in [-0.3, -0.25) is 14.6 Å². The van der Waals surface area contributed by atoms with Gasteiger partial charge in [0, 0.05) is 31.4 Å². The average molecular weight is 309 g/mol. The zero-order chi connectivity index (χ0) is 16.0. The molecule has 1 spiro atoms. The Balaban J connectivity index is 1.88. The first-order chi connectivity index (χ1) is 10.3. The molecule has 0 radical (unpaired) electrons. The number of rotatable bonds is 1. The third-order valence-corrected chi connectivity index (χ3v) is 4.33. The summed E-state index contributed by atoms with van der Waals surface area (Å²) in [5.74, 6) is -3.95. The Morgan fingerprint density at radius 1 is 1.36 bits per heavy atom. The van der Waals surface area contributed by atoms with Crippen molar-refractivity contribution >= 4 is 11.8 Å². The van der Waals surface area contributed by atoms with Crippen LogP contribution in [0.2, 0.25) is 0 Å². The second kappa shape index (κ2) is 5.00. The molecule has 0 aromatic carbocycles. The third-order valence-electron chi connectivity index (χ3n) is 4.33. The summed E-state index contributed by atoms with van der Waals surface area (Å²) in [4.78, 5) is 29.6. The number of nitrogens with one attached hydrogen (secondary N) is 1. The lowest BCUT2D eigenvalue weighted by Crippen LogP contribution is -2.56. The van der Waals surface area contributed by atoms with Crippen LogP contribution in [-0.4, -0.2) is 47.3 Å². The fourth-order valence-electron chi connectivity index (χ4n) is 3.26. The third kappa shape index (κ3) is 2.55. The molecule has 118 valence electrons. The second-order valence-corrected chi connectivity index (χ2v) is 6.17. The molecular weight excluding hydrogens is 292 g/mol. The van der Waals surface area contributed by atoms with Crippen LogP contribution in [0, 0.1) is 12.3 Å². The molecular formula is C15H17F2N3O2. The molecule has 1 aromatic heterocycles. The lowest BCUT2D eigenvalue weighted by molar-refractivity contribution is -0.144. The molecule has 7 heteroatoms. The number of hydrogen-bond acceptors (Lipinski definition) is 3. The number of halogens is 2. The van der Waals surface area contributed by atoms with Gasteiger partial charge in [0.25, 0.3) is 11.8 Å². The van der Waals surface area contributed by atoms with Crippen LogP contribution in [0.4, 0.5) is 8.78 Å². The lowest BCUT2D eigenvalue weighted by Gasteiger charge is -2.42. The number of pyridine rings is 1. The van der Waals surface area contributed by atoms with Crippen molar-refractivity contribution in [2.45, 2.75) is 25.7 Å². The molecule has 3 rings (SSSR count). The van der Waals surface area contributed by atoms with Crippen LogP contribution in [0.1, 0.15) is 28.9 Å². The lowest BCUT2D eigenvalue weighted by atomic mass is 9.77. The predicted octanol–water partition coefficient (Wildman–Crippen LogP) is 1.38. The van der Waals surface area contributed by atoms with Gasteiger partial charge < -0.3 is 10.2 Å². The van der Waals surface area contributed by atoms with Gasteiger partial charge >= 0.3 is 0 Å². The molecule has 3 heterocycles. The normalized spacial score (nSPS) is 27.0. The van der Waals surface area contributed by atoms with E-state index in [1.807, 2.05) is 0 Å². The minimum atomic E-state index is -3.06. The largest absolute Gasteiger partial charge is 0.356 e. The molecule has 1 atom stereocenters. The topological polar surface area (TPSA) is 62.3 Å². The Morgan fingerprint density at radius 2 is 2.14 bits per heavy atom. The maximum atomic E-state index is 14.1. The Kier molecular flexibility index (Phi) is 3.38. The van der Waals surface area contributed by atoms with Crippen molar-refractivity contribution < 1.29 is 18.4 Å². The second-order valence-electron chi connectivity index (χ2n) is 6.17. The molecule has 22 heavy (non-hydrogen) atoms. The van der Waals surface area contributed by atoms with Gasteiger partial charge in [-0.1, -0.05) is 0 Å². The van der Waals surface area contributed by atoms with Gasteiger partial charge in [0.15, 0.2) is 0 Å². The molecule has 2 fully saturated rings. The molecule has 0 bridgehead atoms. The molecule has 1 aromatic rings. The van der Waals surface area contributed by atoms with Crippen LogP contribution in [0.5, 0.6) is 0 Å². The standard InChI is InChI=1S/C15H17F2N3O2/c1-10-2-3-11(6-19-10)12(21)20-8-14(4-5-18-13(14)22)7-15(16,17)9-20/h2-3,6H,4-5,7-9H2,1H3,(H,18,22)/t14-/m1/s1. The number of nitrogens with zero attached hydrogens (tertiary/aromatic N) is 2. The molecule has 0 saturated carbocycles. The van der Waals surface area contributed by atoms with Gasteiger partial charge in [-0.2, -0.15) is 0 Å². The van der Waals surface area contributed by atoms with Crippen LogP contribution in [-0.2, 0) is 4.79 Å². The van der Waals surface area contributed by atoms with Gasteiger partial charge in [-0.05, 0) is 25.5 Å². The van der Waals surface area contributed by atoms with E-state index in [0.717, 1.165) is 10.6 Å². The minimum absolute atomic E-state index is 0.0289. The van der Waals surface area contributed by atoms with Crippen LogP contribution in [0.15, 0.2) is 18.3 Å². The fraction of sp³-hybridized carbons (Fsp3) is 0.533. The van der Waals surface area contributed by atoms with E-state index in [0.29, 0.717) is 13.0 Å². The molecule has 5 nitrogen and oxygen atoms in total. The number of alkyl halides is 2. The summed E-state index contributed by atoms with van der Waals surface area (Å²) in [6.07, 6.45) is 1.21. The Bertz CT molecular complexity index is 618. The summed E-state index contributed by atoms with van der Waals surface area (Å²) in [6, 6.07) is 3.23. The fourth-order valence-corrected chi connectivity index (χ4v) is 3.26. The average Bonchev–Trinajstić information content (AvgIpc) is 2.77. The van der Waals surface area contributed by atoms with Gasteiger partial charge in [-0.15, -0.1) is 0 Å². The van der Waals surface area contributed by atoms with E-state index in [-0.39, 0.29) is 18.0 Å². The van der Waals surface area contributed by atoms with Crippen molar-refractivity contribution in [1.29, 1.82) is 0 Å². The first kappa shape index (κ1) is 14.9. The molecule has 0 unspecified atom stereocenters. The van der Waals surface area contributed by atoms with E-state index < -0.39 is 30.2 Å². The molecule has 2 aliphatic rings. The number of carbonyl (C=O) groups is 2. The first-order valence-corrected chi connectivity index (χ1v) is 7.19. The highest BCUT2D eigenvalue weighted by molar-refractivity contribution is 5.95. The van der Waals surface area contributed by atoms with E-state index in [1.54, 1.807) is 19.1 Å². The number of aryl methyl sites for hydroxylation is 1.